The third kappa shape index (κ3) is 0.961. The van der Waals surface area contributed by atoms with Crippen molar-refractivity contribution in [2.24, 2.45) is 0 Å². The Bertz CT molecular complexity index is 403. The van der Waals surface area contributed by atoms with Crippen molar-refractivity contribution >= 4 is 10.9 Å². The molecule has 1 N–H and O–H groups in total. The van der Waals surface area contributed by atoms with Crippen LogP contribution in [0.4, 0.5) is 0 Å². The van der Waals surface area contributed by atoms with Gasteiger partial charge in [0.1, 0.15) is 5.75 Å². The summed E-state index contributed by atoms with van der Waals surface area (Å²) in [6.45, 7) is 4.52. The molecule has 1 aromatic heterocycles. The summed E-state index contributed by atoms with van der Waals surface area (Å²) >= 11 is 0. The van der Waals surface area contributed by atoms with Gasteiger partial charge >= 0.3 is 0 Å². The van der Waals surface area contributed by atoms with E-state index in [-0.39, 0.29) is 0 Å². The molecule has 2 rings (SSSR count). The molecular weight excluding hydrogens is 150 g/mol. The number of hydrogen-bond donors (Lipinski definition) is 1. The number of benzene rings is 1. The number of phenols is 1. The van der Waals surface area contributed by atoms with Crippen molar-refractivity contribution in [2.75, 3.05) is 0 Å². The third-order valence-electron chi connectivity index (χ3n) is 2.00. The van der Waals surface area contributed by atoms with Crippen LogP contribution in [0, 0.1) is 6.92 Å². The summed E-state index contributed by atoms with van der Waals surface area (Å²) in [4.78, 5) is 0. The standard InChI is InChI=1S/C10H10NO/c1-2-11-6-5-8-7-9(12)3-4-10(8)11/h3-7,12H,1-2H2. The van der Waals surface area contributed by atoms with Crippen LogP contribution in [-0.2, 0) is 6.54 Å². The number of fused-ring (bicyclic) bond motifs is 1. The molecule has 0 fully saturated rings. The normalized spacial score (nSPS) is 10.8. The lowest BCUT2D eigenvalue weighted by molar-refractivity contribution is 0.476. The van der Waals surface area contributed by atoms with E-state index in [4.69, 9.17) is 0 Å². The summed E-state index contributed by atoms with van der Waals surface area (Å²) in [6.07, 6.45) is 1.97. The number of aromatic hydroxyl groups is 1. The fourth-order valence-electron chi connectivity index (χ4n) is 1.38. The van der Waals surface area contributed by atoms with Crippen molar-refractivity contribution in [1.82, 2.24) is 4.57 Å². The van der Waals surface area contributed by atoms with Gasteiger partial charge in [-0.15, -0.1) is 0 Å². The summed E-state index contributed by atoms with van der Waals surface area (Å²) < 4.78 is 2.04. The highest BCUT2D eigenvalue weighted by Crippen LogP contribution is 2.20. The van der Waals surface area contributed by atoms with Crippen LogP contribution in [0.3, 0.4) is 0 Å². The van der Waals surface area contributed by atoms with Gasteiger partial charge in [-0.2, -0.15) is 0 Å². The zero-order valence-electron chi connectivity index (χ0n) is 6.70. The average molecular weight is 160 g/mol. The van der Waals surface area contributed by atoms with Gasteiger partial charge in [-0.1, -0.05) is 0 Å². The highest BCUT2D eigenvalue weighted by Gasteiger charge is 1.98. The van der Waals surface area contributed by atoms with Gasteiger partial charge in [-0.25, -0.2) is 0 Å². The van der Waals surface area contributed by atoms with Crippen LogP contribution >= 0.6 is 0 Å². The SMILES string of the molecule is [CH2]Cn1ccc2cc(O)ccc21. The summed E-state index contributed by atoms with van der Waals surface area (Å²) in [7, 11) is 0. The average Bonchev–Trinajstić information content (AvgIpc) is 2.46. The highest BCUT2D eigenvalue weighted by molar-refractivity contribution is 5.81. The lowest BCUT2D eigenvalue weighted by Gasteiger charge is -1.99. The lowest BCUT2D eigenvalue weighted by atomic mass is 10.2. The monoisotopic (exact) mass is 160 g/mol. The first-order chi connectivity index (χ1) is 5.81. The van der Waals surface area contributed by atoms with Crippen molar-refractivity contribution in [1.29, 1.82) is 0 Å². The molecule has 2 heteroatoms. The second-order valence-electron chi connectivity index (χ2n) is 2.75. The first-order valence-electron chi connectivity index (χ1n) is 3.88. The molecule has 1 heterocycles. The Morgan fingerprint density at radius 3 is 2.92 bits per heavy atom. The van der Waals surface area contributed by atoms with E-state index in [0.29, 0.717) is 12.3 Å². The molecule has 0 aliphatic carbocycles. The molecule has 1 aromatic carbocycles. The van der Waals surface area contributed by atoms with E-state index in [1.807, 2.05) is 22.9 Å². The van der Waals surface area contributed by atoms with Crippen molar-refractivity contribution in [3.05, 3.63) is 37.4 Å². The molecule has 0 unspecified atom stereocenters. The minimum atomic E-state index is 0.310. The van der Waals surface area contributed by atoms with Gasteiger partial charge in [0.05, 0.1) is 0 Å². The summed E-state index contributed by atoms with van der Waals surface area (Å²) in [5.74, 6) is 0.310. The smallest absolute Gasteiger partial charge is 0.116 e. The molecule has 1 radical (unpaired) electrons. The van der Waals surface area contributed by atoms with Crippen LogP contribution in [-0.4, -0.2) is 9.67 Å². The molecule has 0 aliphatic rings. The van der Waals surface area contributed by atoms with Crippen LogP contribution in [0.25, 0.3) is 10.9 Å². The van der Waals surface area contributed by atoms with E-state index in [9.17, 15) is 5.11 Å². The summed E-state index contributed by atoms with van der Waals surface area (Å²) in [5.41, 5.74) is 1.11. The molecule has 2 aromatic rings. The van der Waals surface area contributed by atoms with Crippen LogP contribution in [0.1, 0.15) is 0 Å². The van der Waals surface area contributed by atoms with Crippen molar-refractivity contribution in [2.45, 2.75) is 6.54 Å². The minimum absolute atomic E-state index is 0.310. The van der Waals surface area contributed by atoms with Gasteiger partial charge in [-0.3, -0.25) is 0 Å². The number of phenolic OH excluding ortho intramolecular Hbond substituents is 1. The fourth-order valence-corrected chi connectivity index (χ4v) is 1.38. The van der Waals surface area contributed by atoms with Crippen LogP contribution in [0.2, 0.25) is 0 Å². The van der Waals surface area contributed by atoms with Gasteiger partial charge in [-0.05, 0) is 31.2 Å². The summed E-state index contributed by atoms with van der Waals surface area (Å²) in [5, 5.41) is 10.2. The van der Waals surface area contributed by atoms with Crippen molar-refractivity contribution < 1.29 is 5.11 Å². The van der Waals surface area contributed by atoms with E-state index >= 15 is 0 Å². The molecule has 61 valence electrons. The largest absolute Gasteiger partial charge is 0.508 e. The fraction of sp³-hybridized carbons (Fsp3) is 0.100. The topological polar surface area (TPSA) is 25.2 Å². The molecule has 0 saturated carbocycles. The first kappa shape index (κ1) is 7.22. The maximum atomic E-state index is 9.19. The molecule has 2 nitrogen and oxygen atoms in total. The molecule has 0 amide bonds. The quantitative estimate of drug-likeness (QED) is 0.679. The summed E-state index contributed by atoms with van der Waals surface area (Å²) in [6, 6.07) is 7.31. The molecule has 12 heavy (non-hydrogen) atoms. The van der Waals surface area contributed by atoms with E-state index in [1.54, 1.807) is 12.1 Å². The molecule has 0 bridgehead atoms. The van der Waals surface area contributed by atoms with Crippen LogP contribution in [0.15, 0.2) is 30.5 Å². The second kappa shape index (κ2) is 2.55. The predicted octanol–water partition coefficient (Wildman–Crippen LogP) is 2.18. The molecule has 0 aliphatic heterocycles. The van der Waals surface area contributed by atoms with Crippen molar-refractivity contribution in [3.63, 3.8) is 0 Å². The van der Waals surface area contributed by atoms with Crippen LogP contribution in [0.5, 0.6) is 5.75 Å². The lowest BCUT2D eigenvalue weighted by Crippen LogP contribution is -1.89. The minimum Gasteiger partial charge on any atom is -0.508 e. The van der Waals surface area contributed by atoms with E-state index in [2.05, 4.69) is 6.92 Å². The number of rotatable bonds is 1. The van der Waals surface area contributed by atoms with Gasteiger partial charge in [0.25, 0.3) is 0 Å². The number of hydrogen-bond acceptors (Lipinski definition) is 1. The highest BCUT2D eigenvalue weighted by atomic mass is 16.3. The maximum absolute atomic E-state index is 9.19. The Morgan fingerprint density at radius 1 is 1.33 bits per heavy atom. The van der Waals surface area contributed by atoms with Gasteiger partial charge in [0, 0.05) is 23.6 Å². The number of aromatic nitrogens is 1. The van der Waals surface area contributed by atoms with Crippen molar-refractivity contribution in [3.8, 4) is 5.75 Å². The molecule has 0 atom stereocenters. The zero-order chi connectivity index (χ0) is 8.55. The van der Waals surface area contributed by atoms with Gasteiger partial charge < -0.3 is 9.67 Å². The third-order valence-corrected chi connectivity index (χ3v) is 2.00. The Kier molecular flexibility index (Phi) is 1.54. The van der Waals surface area contributed by atoms with E-state index in [0.717, 1.165) is 10.9 Å². The van der Waals surface area contributed by atoms with E-state index < -0.39 is 0 Å². The van der Waals surface area contributed by atoms with Gasteiger partial charge in [0.2, 0.25) is 0 Å². The van der Waals surface area contributed by atoms with E-state index in [1.165, 1.54) is 0 Å². The Balaban J connectivity index is 2.73. The first-order valence-corrected chi connectivity index (χ1v) is 3.88. The molecule has 0 spiro atoms. The Labute approximate surface area is 71.1 Å². The Hall–Kier alpha value is -1.44. The van der Waals surface area contributed by atoms with Gasteiger partial charge in [0.15, 0.2) is 0 Å². The van der Waals surface area contributed by atoms with Crippen LogP contribution < -0.4 is 0 Å². The molecular formula is C10H10NO. The number of nitrogens with zero attached hydrogens (tertiary/aromatic N) is 1. The maximum Gasteiger partial charge on any atom is 0.116 e. The zero-order valence-corrected chi connectivity index (χ0v) is 6.70. The Morgan fingerprint density at radius 2 is 2.17 bits per heavy atom. The predicted molar refractivity (Wildman–Crippen MR) is 49.0 cm³/mol. The second-order valence-corrected chi connectivity index (χ2v) is 2.75. The molecule has 0 saturated heterocycles.